The Balaban J connectivity index is 1.73. The Bertz CT molecular complexity index is 642. The number of carbonyl (C=O) groups is 2. The molecule has 0 aromatic carbocycles. The molecule has 0 aliphatic rings. The largest absolute Gasteiger partial charge is 0.466 e. The lowest BCUT2D eigenvalue weighted by Gasteiger charge is -2.03. The minimum atomic E-state index is -0.328. The van der Waals surface area contributed by atoms with E-state index in [0.29, 0.717) is 24.7 Å². The maximum Gasteiger partial charge on any atom is 0.307 e. The van der Waals surface area contributed by atoms with Crippen LogP contribution in [0.15, 0.2) is 29.0 Å². The second-order valence-electron chi connectivity index (χ2n) is 4.66. The molecule has 0 unspecified atom stereocenters. The molecule has 23 heavy (non-hydrogen) atoms. The van der Waals surface area contributed by atoms with Gasteiger partial charge in [0.15, 0.2) is 0 Å². The van der Waals surface area contributed by atoms with E-state index in [-0.39, 0.29) is 31.3 Å². The zero-order valence-electron chi connectivity index (χ0n) is 12.8. The number of ether oxygens (including phenoxy) is 1. The van der Waals surface area contributed by atoms with E-state index in [1.165, 1.54) is 0 Å². The summed E-state index contributed by atoms with van der Waals surface area (Å²) in [4.78, 5) is 31.0. The number of amides is 1. The number of carbonyl (C=O) groups excluding carboxylic acids is 2. The molecule has 0 spiro atoms. The van der Waals surface area contributed by atoms with Crippen LogP contribution in [-0.4, -0.2) is 40.2 Å². The predicted octanol–water partition coefficient (Wildman–Crippen LogP) is 1.13. The predicted molar refractivity (Wildman–Crippen MR) is 80.1 cm³/mol. The number of pyridine rings is 1. The fourth-order valence-electron chi connectivity index (χ4n) is 1.81. The molecule has 2 rings (SSSR count). The average molecular weight is 318 g/mol. The molecule has 2 aromatic heterocycles. The van der Waals surface area contributed by atoms with E-state index >= 15 is 0 Å². The van der Waals surface area contributed by atoms with Crippen molar-refractivity contribution in [2.75, 3.05) is 13.2 Å². The summed E-state index contributed by atoms with van der Waals surface area (Å²) >= 11 is 0. The maximum absolute atomic E-state index is 11.7. The molecule has 1 amide bonds. The second-order valence-corrected chi connectivity index (χ2v) is 4.66. The van der Waals surface area contributed by atoms with Crippen LogP contribution in [0.2, 0.25) is 0 Å². The molecule has 0 atom stereocenters. The summed E-state index contributed by atoms with van der Waals surface area (Å²) in [6, 6.07) is 3.60. The van der Waals surface area contributed by atoms with E-state index in [9.17, 15) is 9.59 Å². The van der Waals surface area contributed by atoms with Gasteiger partial charge in [0.25, 0.3) is 0 Å². The van der Waals surface area contributed by atoms with Gasteiger partial charge in [-0.15, -0.1) is 0 Å². The first-order chi connectivity index (χ1) is 11.2. The highest BCUT2D eigenvalue weighted by Crippen LogP contribution is 2.14. The van der Waals surface area contributed by atoms with Crippen molar-refractivity contribution in [3.8, 4) is 11.4 Å². The van der Waals surface area contributed by atoms with Gasteiger partial charge < -0.3 is 14.6 Å². The molecule has 0 aliphatic heterocycles. The number of rotatable bonds is 8. The molecule has 0 saturated carbocycles. The van der Waals surface area contributed by atoms with Crippen molar-refractivity contribution in [1.82, 2.24) is 20.4 Å². The summed E-state index contributed by atoms with van der Waals surface area (Å²) in [6.45, 7) is 2.33. The zero-order chi connectivity index (χ0) is 16.5. The molecule has 1 N–H and O–H groups in total. The molecule has 122 valence electrons. The second kappa shape index (κ2) is 8.62. The van der Waals surface area contributed by atoms with E-state index < -0.39 is 0 Å². The van der Waals surface area contributed by atoms with Crippen molar-refractivity contribution < 1.29 is 18.8 Å². The van der Waals surface area contributed by atoms with Crippen molar-refractivity contribution in [3.05, 3.63) is 30.4 Å². The van der Waals surface area contributed by atoms with Gasteiger partial charge in [-0.2, -0.15) is 4.98 Å². The number of hydrogen-bond donors (Lipinski definition) is 1. The van der Waals surface area contributed by atoms with Crippen LogP contribution in [0.3, 0.4) is 0 Å². The van der Waals surface area contributed by atoms with Crippen molar-refractivity contribution in [2.45, 2.75) is 26.2 Å². The SMILES string of the molecule is CCOC(=O)CCNC(=O)CCc1nc(-c2cccnc2)no1. The number of aromatic nitrogens is 3. The van der Waals surface area contributed by atoms with Crippen LogP contribution in [0, 0.1) is 0 Å². The molecule has 8 nitrogen and oxygen atoms in total. The first kappa shape index (κ1) is 16.6. The summed E-state index contributed by atoms with van der Waals surface area (Å²) in [6.07, 6.45) is 3.99. The normalized spacial score (nSPS) is 10.3. The van der Waals surface area contributed by atoms with Gasteiger partial charge >= 0.3 is 5.97 Å². The van der Waals surface area contributed by atoms with Crippen LogP contribution in [-0.2, 0) is 20.7 Å². The van der Waals surface area contributed by atoms with E-state index in [1.54, 1.807) is 25.4 Å². The van der Waals surface area contributed by atoms with E-state index in [1.807, 2.05) is 6.07 Å². The summed E-state index contributed by atoms with van der Waals surface area (Å²) in [5.74, 6) is 0.307. The van der Waals surface area contributed by atoms with Gasteiger partial charge in [0, 0.05) is 37.3 Å². The van der Waals surface area contributed by atoms with Crippen LogP contribution < -0.4 is 5.32 Å². The Kier molecular flexibility index (Phi) is 6.22. The van der Waals surface area contributed by atoms with Crippen LogP contribution >= 0.6 is 0 Å². The molecule has 2 heterocycles. The van der Waals surface area contributed by atoms with Gasteiger partial charge in [-0.25, -0.2) is 0 Å². The Morgan fingerprint density at radius 1 is 1.35 bits per heavy atom. The van der Waals surface area contributed by atoms with Crippen molar-refractivity contribution in [1.29, 1.82) is 0 Å². The highest BCUT2D eigenvalue weighted by atomic mass is 16.5. The highest BCUT2D eigenvalue weighted by Gasteiger charge is 2.11. The molecule has 0 fully saturated rings. The number of hydrogen-bond acceptors (Lipinski definition) is 7. The summed E-state index contributed by atoms with van der Waals surface area (Å²) in [5.41, 5.74) is 0.751. The molecular weight excluding hydrogens is 300 g/mol. The van der Waals surface area contributed by atoms with Gasteiger partial charge in [-0.1, -0.05) is 5.16 Å². The lowest BCUT2D eigenvalue weighted by molar-refractivity contribution is -0.143. The maximum atomic E-state index is 11.7. The Morgan fingerprint density at radius 2 is 2.22 bits per heavy atom. The third-order valence-electron chi connectivity index (χ3n) is 2.91. The lowest BCUT2D eigenvalue weighted by atomic mass is 10.2. The zero-order valence-corrected chi connectivity index (χ0v) is 12.8. The standard InChI is InChI=1S/C15H18N4O4/c1-2-22-14(21)7-9-17-12(20)5-6-13-18-15(19-23-13)11-4-3-8-16-10-11/h3-4,8,10H,2,5-7,9H2,1H3,(H,17,20). The first-order valence-corrected chi connectivity index (χ1v) is 7.34. The monoisotopic (exact) mass is 318 g/mol. The van der Waals surface area contributed by atoms with E-state index in [0.717, 1.165) is 5.56 Å². The number of nitrogens with zero attached hydrogens (tertiary/aromatic N) is 3. The molecule has 0 saturated heterocycles. The summed E-state index contributed by atoms with van der Waals surface area (Å²) < 4.78 is 9.87. The topological polar surface area (TPSA) is 107 Å². The highest BCUT2D eigenvalue weighted by molar-refractivity contribution is 5.77. The Labute approximate surface area is 133 Å². The molecule has 8 heteroatoms. The fourth-order valence-corrected chi connectivity index (χ4v) is 1.81. The minimum Gasteiger partial charge on any atom is -0.466 e. The first-order valence-electron chi connectivity index (χ1n) is 7.34. The van der Waals surface area contributed by atoms with Crippen LogP contribution in [0.5, 0.6) is 0 Å². The van der Waals surface area contributed by atoms with Crippen LogP contribution in [0.25, 0.3) is 11.4 Å². The average Bonchev–Trinajstić information content (AvgIpc) is 3.03. The van der Waals surface area contributed by atoms with Gasteiger partial charge in [0.05, 0.1) is 13.0 Å². The smallest absolute Gasteiger partial charge is 0.307 e. The summed E-state index contributed by atoms with van der Waals surface area (Å²) in [7, 11) is 0. The molecule has 2 aromatic rings. The molecule has 0 radical (unpaired) electrons. The Hall–Kier alpha value is -2.77. The minimum absolute atomic E-state index is 0.158. The van der Waals surface area contributed by atoms with Crippen LogP contribution in [0.1, 0.15) is 25.7 Å². The van der Waals surface area contributed by atoms with Gasteiger partial charge in [0.1, 0.15) is 0 Å². The number of esters is 1. The lowest BCUT2D eigenvalue weighted by Crippen LogP contribution is -2.26. The fraction of sp³-hybridized carbons (Fsp3) is 0.400. The Morgan fingerprint density at radius 3 is 2.96 bits per heavy atom. The third kappa shape index (κ3) is 5.50. The van der Waals surface area contributed by atoms with Crippen LogP contribution in [0.4, 0.5) is 0 Å². The van der Waals surface area contributed by atoms with E-state index in [2.05, 4.69) is 20.4 Å². The third-order valence-corrected chi connectivity index (χ3v) is 2.91. The van der Waals surface area contributed by atoms with Gasteiger partial charge in [-0.05, 0) is 19.1 Å². The molecule has 0 bridgehead atoms. The quantitative estimate of drug-likeness (QED) is 0.727. The molecular formula is C15H18N4O4. The van der Waals surface area contributed by atoms with Crippen molar-refractivity contribution >= 4 is 11.9 Å². The van der Waals surface area contributed by atoms with E-state index in [4.69, 9.17) is 9.26 Å². The van der Waals surface area contributed by atoms with Crippen molar-refractivity contribution in [2.24, 2.45) is 0 Å². The van der Waals surface area contributed by atoms with Gasteiger partial charge in [0.2, 0.25) is 17.6 Å². The number of nitrogens with one attached hydrogen (secondary N) is 1. The van der Waals surface area contributed by atoms with Crippen molar-refractivity contribution in [3.63, 3.8) is 0 Å². The molecule has 0 aliphatic carbocycles. The summed E-state index contributed by atoms with van der Waals surface area (Å²) in [5, 5.41) is 6.49. The van der Waals surface area contributed by atoms with Gasteiger partial charge in [-0.3, -0.25) is 14.6 Å². The number of aryl methyl sites for hydroxylation is 1.